The fourth-order valence-electron chi connectivity index (χ4n) is 3.39. The average Bonchev–Trinajstić information content (AvgIpc) is 2.65. The molecule has 0 bridgehead atoms. The summed E-state index contributed by atoms with van der Waals surface area (Å²) in [6.07, 6.45) is 0. The van der Waals surface area contributed by atoms with Crippen LogP contribution < -0.4 is 11.1 Å². The Hall–Kier alpha value is -2.17. The third-order valence-corrected chi connectivity index (χ3v) is 5.34. The third-order valence-electron chi connectivity index (χ3n) is 5.34. The quantitative estimate of drug-likeness (QED) is 0.709. The van der Waals surface area contributed by atoms with Crippen molar-refractivity contribution in [3.05, 3.63) is 64.7 Å². The van der Waals surface area contributed by atoms with Gasteiger partial charge in [0.1, 0.15) is 6.54 Å². The lowest BCUT2D eigenvalue weighted by Gasteiger charge is -2.36. The van der Waals surface area contributed by atoms with Gasteiger partial charge in [0, 0.05) is 17.8 Å². The van der Waals surface area contributed by atoms with Crippen LogP contribution in [-0.4, -0.2) is 30.0 Å². The SMILES string of the molecule is CC[N+](CC)(CC(=O)Nc1c(C)cccc1C)Cc1ccc(CN)cc1. The fraction of sp³-hybridized carbons (Fsp3) is 0.409. The summed E-state index contributed by atoms with van der Waals surface area (Å²) in [4.78, 5) is 12.8. The second-order valence-corrected chi connectivity index (χ2v) is 7.13. The maximum absolute atomic E-state index is 12.8. The predicted octanol–water partition coefficient (Wildman–Crippen LogP) is 3.76. The summed E-state index contributed by atoms with van der Waals surface area (Å²) in [6, 6.07) is 14.5. The Balaban J connectivity index is 2.13. The Morgan fingerprint density at radius 1 is 0.962 bits per heavy atom. The summed E-state index contributed by atoms with van der Waals surface area (Å²) in [5.41, 5.74) is 11.2. The van der Waals surface area contributed by atoms with Crippen molar-refractivity contribution in [2.75, 3.05) is 25.0 Å². The van der Waals surface area contributed by atoms with Crippen LogP contribution in [-0.2, 0) is 17.9 Å². The highest BCUT2D eigenvalue weighted by atomic mass is 16.2. The second-order valence-electron chi connectivity index (χ2n) is 7.13. The predicted molar refractivity (Wildman–Crippen MR) is 109 cm³/mol. The van der Waals surface area contributed by atoms with Crippen molar-refractivity contribution in [2.45, 2.75) is 40.8 Å². The van der Waals surface area contributed by atoms with Crippen LogP contribution >= 0.6 is 0 Å². The molecule has 0 heterocycles. The molecule has 3 N–H and O–H groups in total. The molecule has 140 valence electrons. The van der Waals surface area contributed by atoms with Crippen molar-refractivity contribution in [2.24, 2.45) is 5.73 Å². The lowest BCUT2D eigenvalue weighted by molar-refractivity contribution is -0.930. The number of amides is 1. The highest BCUT2D eigenvalue weighted by molar-refractivity contribution is 5.93. The van der Waals surface area contributed by atoms with Gasteiger partial charge in [-0.05, 0) is 44.4 Å². The number of nitrogens with zero attached hydrogens (tertiary/aromatic N) is 1. The molecule has 2 aromatic rings. The van der Waals surface area contributed by atoms with E-state index in [-0.39, 0.29) is 5.91 Å². The number of nitrogens with two attached hydrogens (primary N) is 1. The first kappa shape index (κ1) is 20.1. The number of carbonyl (C=O) groups is 1. The molecule has 0 aromatic heterocycles. The highest BCUT2D eigenvalue weighted by Crippen LogP contribution is 2.21. The van der Waals surface area contributed by atoms with Crippen molar-refractivity contribution < 1.29 is 9.28 Å². The minimum atomic E-state index is 0.0738. The minimum Gasteiger partial charge on any atom is -0.326 e. The Morgan fingerprint density at radius 3 is 2.00 bits per heavy atom. The zero-order valence-corrected chi connectivity index (χ0v) is 16.5. The first-order valence-electron chi connectivity index (χ1n) is 9.42. The van der Waals surface area contributed by atoms with Crippen molar-refractivity contribution in [3.63, 3.8) is 0 Å². The number of nitrogens with one attached hydrogen (secondary N) is 1. The summed E-state index contributed by atoms with van der Waals surface area (Å²) in [5.74, 6) is 0.0738. The van der Waals surface area contributed by atoms with E-state index in [1.165, 1.54) is 5.56 Å². The lowest BCUT2D eigenvalue weighted by atomic mass is 10.1. The van der Waals surface area contributed by atoms with Gasteiger partial charge in [0.2, 0.25) is 0 Å². The second kappa shape index (κ2) is 8.97. The van der Waals surface area contributed by atoms with Gasteiger partial charge in [-0.15, -0.1) is 0 Å². The van der Waals surface area contributed by atoms with Crippen molar-refractivity contribution in [3.8, 4) is 0 Å². The molecule has 4 nitrogen and oxygen atoms in total. The summed E-state index contributed by atoms with van der Waals surface area (Å²) in [7, 11) is 0. The number of aryl methyl sites for hydroxylation is 2. The smallest absolute Gasteiger partial charge is 0.279 e. The third kappa shape index (κ3) is 4.93. The van der Waals surface area contributed by atoms with E-state index < -0.39 is 0 Å². The molecule has 0 saturated carbocycles. The van der Waals surface area contributed by atoms with E-state index in [1.807, 2.05) is 32.0 Å². The summed E-state index contributed by atoms with van der Waals surface area (Å²) in [5, 5.41) is 3.14. The van der Waals surface area contributed by atoms with Crippen molar-refractivity contribution >= 4 is 11.6 Å². The van der Waals surface area contributed by atoms with Gasteiger partial charge in [-0.3, -0.25) is 4.79 Å². The number of hydrogen-bond acceptors (Lipinski definition) is 2. The Bertz CT molecular complexity index is 713. The fourth-order valence-corrected chi connectivity index (χ4v) is 3.39. The first-order chi connectivity index (χ1) is 12.4. The van der Waals surface area contributed by atoms with Crippen molar-refractivity contribution in [1.29, 1.82) is 0 Å². The van der Waals surface area contributed by atoms with Gasteiger partial charge in [0.25, 0.3) is 5.91 Å². The van der Waals surface area contributed by atoms with Crippen LogP contribution in [0.15, 0.2) is 42.5 Å². The van der Waals surface area contributed by atoms with E-state index in [9.17, 15) is 4.79 Å². The van der Waals surface area contributed by atoms with E-state index in [2.05, 4.69) is 43.4 Å². The highest BCUT2D eigenvalue weighted by Gasteiger charge is 2.27. The van der Waals surface area contributed by atoms with Crippen molar-refractivity contribution in [1.82, 2.24) is 0 Å². The van der Waals surface area contributed by atoms with E-state index in [4.69, 9.17) is 5.73 Å². The number of para-hydroxylation sites is 1. The largest absolute Gasteiger partial charge is 0.326 e. The van der Waals surface area contributed by atoms with E-state index in [0.29, 0.717) is 13.1 Å². The molecule has 26 heavy (non-hydrogen) atoms. The van der Waals surface area contributed by atoms with E-state index in [1.54, 1.807) is 0 Å². The molecule has 0 saturated heterocycles. The number of likely N-dealkylation sites (N-methyl/N-ethyl adjacent to an activating group) is 1. The molecule has 0 atom stereocenters. The molecule has 0 unspecified atom stereocenters. The zero-order valence-electron chi connectivity index (χ0n) is 16.5. The number of hydrogen-bond donors (Lipinski definition) is 2. The number of anilines is 1. The van der Waals surface area contributed by atoms with Gasteiger partial charge in [-0.2, -0.15) is 0 Å². The Kier molecular flexibility index (Phi) is 6.95. The number of rotatable bonds is 8. The van der Waals surface area contributed by atoms with Gasteiger partial charge < -0.3 is 15.5 Å². The van der Waals surface area contributed by atoms with E-state index in [0.717, 1.165) is 46.5 Å². The van der Waals surface area contributed by atoms with Crippen LogP contribution in [0.5, 0.6) is 0 Å². The minimum absolute atomic E-state index is 0.0738. The van der Waals surface area contributed by atoms with Gasteiger partial charge in [0.05, 0.1) is 13.1 Å². The molecule has 0 spiro atoms. The lowest BCUT2D eigenvalue weighted by Crippen LogP contribution is -2.51. The number of benzene rings is 2. The molecule has 2 aromatic carbocycles. The normalized spacial score (nSPS) is 11.4. The van der Waals surface area contributed by atoms with Gasteiger partial charge in [-0.25, -0.2) is 0 Å². The summed E-state index contributed by atoms with van der Waals surface area (Å²) >= 11 is 0. The standard InChI is InChI=1S/C22H31N3O/c1-5-25(6-2,15-20-12-10-19(14-23)11-13-20)16-21(26)24-22-17(3)8-7-9-18(22)4/h7-13H,5-6,14-16,23H2,1-4H3/p+1. The molecule has 4 heteroatoms. The summed E-state index contributed by atoms with van der Waals surface area (Å²) in [6.45, 7) is 12.1. The van der Waals surface area contributed by atoms with Crippen LogP contribution in [0.1, 0.15) is 36.1 Å². The van der Waals surface area contributed by atoms with Crippen LogP contribution in [0.25, 0.3) is 0 Å². The van der Waals surface area contributed by atoms with Gasteiger partial charge in [0.15, 0.2) is 6.54 Å². The molecule has 0 aliphatic rings. The number of quaternary nitrogens is 1. The average molecular weight is 355 g/mol. The van der Waals surface area contributed by atoms with E-state index >= 15 is 0 Å². The molecule has 1 amide bonds. The molecule has 0 radical (unpaired) electrons. The molecule has 0 aliphatic carbocycles. The number of carbonyl (C=O) groups excluding carboxylic acids is 1. The topological polar surface area (TPSA) is 55.1 Å². The van der Waals surface area contributed by atoms with Crippen LogP contribution in [0.3, 0.4) is 0 Å². The summed E-state index contributed by atoms with van der Waals surface area (Å²) < 4.78 is 0.735. The maximum atomic E-state index is 12.8. The molecule has 2 rings (SSSR count). The van der Waals surface area contributed by atoms with Crippen LogP contribution in [0.4, 0.5) is 5.69 Å². The maximum Gasteiger partial charge on any atom is 0.279 e. The molecule has 0 fully saturated rings. The van der Waals surface area contributed by atoms with Gasteiger partial charge in [-0.1, -0.05) is 42.5 Å². The molecular formula is C22H32N3O+. The zero-order chi connectivity index (χ0) is 19.2. The molecule has 0 aliphatic heterocycles. The van der Waals surface area contributed by atoms with Crippen LogP contribution in [0.2, 0.25) is 0 Å². The van der Waals surface area contributed by atoms with Gasteiger partial charge >= 0.3 is 0 Å². The van der Waals surface area contributed by atoms with Crippen LogP contribution in [0, 0.1) is 13.8 Å². The first-order valence-corrected chi connectivity index (χ1v) is 9.42. The monoisotopic (exact) mass is 354 g/mol. The molecular weight excluding hydrogens is 322 g/mol. The Morgan fingerprint density at radius 2 is 1.50 bits per heavy atom. The Labute approximate surface area is 157 Å².